The summed E-state index contributed by atoms with van der Waals surface area (Å²) in [5.41, 5.74) is 9.09. The van der Waals surface area contributed by atoms with E-state index in [0.717, 1.165) is 35.4 Å². The van der Waals surface area contributed by atoms with Crippen LogP contribution < -0.4 is 11.3 Å². The Morgan fingerprint density at radius 2 is 2.28 bits per heavy atom. The molecule has 1 aliphatic rings. The van der Waals surface area contributed by atoms with E-state index < -0.39 is 0 Å². The van der Waals surface area contributed by atoms with Crippen LogP contribution in [0.2, 0.25) is 0 Å². The number of H-pyrrole nitrogens is 1. The topological polar surface area (TPSA) is 95.6 Å². The highest BCUT2D eigenvalue weighted by Gasteiger charge is 2.19. The van der Waals surface area contributed by atoms with E-state index in [-0.39, 0.29) is 17.0 Å². The zero-order chi connectivity index (χ0) is 12.7. The highest BCUT2D eigenvalue weighted by molar-refractivity contribution is 5.95. The second-order valence-corrected chi connectivity index (χ2v) is 4.33. The second kappa shape index (κ2) is 3.80. The quantitative estimate of drug-likeness (QED) is 0.508. The fraction of sp³-hybridized carbons (Fsp3) is 0.154. The number of nitrogens with one attached hydrogen (secondary N) is 2. The molecular formula is C13H12N4O. The number of amidine groups is 1. The Balaban J connectivity index is 2.30. The van der Waals surface area contributed by atoms with E-state index in [1.54, 1.807) is 12.3 Å². The van der Waals surface area contributed by atoms with Crippen molar-refractivity contribution in [1.29, 1.82) is 5.41 Å². The second-order valence-electron chi connectivity index (χ2n) is 4.33. The van der Waals surface area contributed by atoms with Gasteiger partial charge in [0.05, 0.1) is 11.3 Å². The van der Waals surface area contributed by atoms with Crippen molar-refractivity contribution in [2.45, 2.75) is 12.8 Å². The van der Waals surface area contributed by atoms with Crippen LogP contribution in [0.1, 0.15) is 16.8 Å². The molecule has 0 unspecified atom stereocenters. The summed E-state index contributed by atoms with van der Waals surface area (Å²) in [5, 5.41) is 7.41. The number of hydrogen-bond donors (Lipinski definition) is 3. The van der Waals surface area contributed by atoms with Gasteiger partial charge >= 0.3 is 0 Å². The molecule has 18 heavy (non-hydrogen) atoms. The molecular weight excluding hydrogens is 228 g/mol. The molecule has 0 saturated heterocycles. The Hall–Kier alpha value is -2.43. The predicted molar refractivity (Wildman–Crippen MR) is 68.7 cm³/mol. The highest BCUT2D eigenvalue weighted by Crippen LogP contribution is 2.29. The van der Waals surface area contributed by atoms with Crippen LogP contribution in [-0.4, -0.2) is 15.8 Å². The Morgan fingerprint density at radius 3 is 3.06 bits per heavy atom. The van der Waals surface area contributed by atoms with E-state index in [9.17, 15) is 4.79 Å². The zero-order valence-electron chi connectivity index (χ0n) is 9.66. The van der Waals surface area contributed by atoms with Crippen LogP contribution in [0, 0.1) is 5.41 Å². The third kappa shape index (κ3) is 1.52. The Kier molecular flexibility index (Phi) is 2.26. The zero-order valence-corrected chi connectivity index (χ0v) is 9.66. The Labute approximate surface area is 103 Å². The van der Waals surface area contributed by atoms with Crippen molar-refractivity contribution in [3.8, 4) is 11.3 Å². The third-order valence-electron chi connectivity index (χ3n) is 3.20. The third-order valence-corrected chi connectivity index (χ3v) is 3.20. The van der Waals surface area contributed by atoms with Crippen LogP contribution in [0.15, 0.2) is 29.2 Å². The van der Waals surface area contributed by atoms with Gasteiger partial charge in [0.15, 0.2) is 0 Å². The minimum absolute atomic E-state index is 0.201. The van der Waals surface area contributed by atoms with Crippen LogP contribution in [0.4, 0.5) is 0 Å². The van der Waals surface area contributed by atoms with Gasteiger partial charge in [-0.25, -0.2) is 0 Å². The van der Waals surface area contributed by atoms with E-state index in [0.29, 0.717) is 0 Å². The normalized spacial score (nSPS) is 12.7. The molecule has 2 heterocycles. The number of aryl methyl sites for hydroxylation is 2. The van der Waals surface area contributed by atoms with Crippen molar-refractivity contribution in [2.24, 2.45) is 5.73 Å². The monoisotopic (exact) mass is 240 g/mol. The molecule has 0 bridgehead atoms. The largest absolute Gasteiger partial charge is 0.384 e. The van der Waals surface area contributed by atoms with Crippen LogP contribution in [-0.2, 0) is 12.8 Å². The van der Waals surface area contributed by atoms with Gasteiger partial charge in [-0.2, -0.15) is 0 Å². The summed E-state index contributed by atoms with van der Waals surface area (Å²) in [5.74, 6) is -0.220. The minimum atomic E-state index is -0.305. The van der Waals surface area contributed by atoms with Crippen molar-refractivity contribution in [1.82, 2.24) is 9.97 Å². The molecule has 0 spiro atoms. The standard InChI is InChI=1S/C13H12N4O/c14-12(15)9-6-8-10(17-13(9)18)4-3-7-2-1-5-16-11(7)8/h1-2,5-6H,3-4H2,(H3,14,15)(H,17,18). The molecule has 0 aliphatic heterocycles. The fourth-order valence-corrected chi connectivity index (χ4v) is 2.32. The Morgan fingerprint density at radius 1 is 1.44 bits per heavy atom. The molecule has 5 heteroatoms. The number of rotatable bonds is 1. The van der Waals surface area contributed by atoms with Gasteiger partial charge in [0, 0.05) is 17.5 Å². The smallest absolute Gasteiger partial charge is 0.259 e. The maximum Gasteiger partial charge on any atom is 0.259 e. The van der Waals surface area contributed by atoms with Crippen molar-refractivity contribution < 1.29 is 0 Å². The van der Waals surface area contributed by atoms with E-state index in [1.807, 2.05) is 12.1 Å². The lowest BCUT2D eigenvalue weighted by atomic mass is 9.92. The summed E-state index contributed by atoms with van der Waals surface area (Å²) in [6.07, 6.45) is 3.37. The summed E-state index contributed by atoms with van der Waals surface area (Å²) in [6.45, 7) is 0. The number of nitrogens with two attached hydrogens (primary N) is 1. The van der Waals surface area contributed by atoms with Crippen LogP contribution in [0.5, 0.6) is 0 Å². The van der Waals surface area contributed by atoms with Crippen LogP contribution >= 0.6 is 0 Å². The number of aromatic nitrogens is 2. The average molecular weight is 240 g/mol. The Bertz CT molecular complexity index is 702. The molecule has 0 fully saturated rings. The number of nitrogens with zero attached hydrogens (tertiary/aromatic N) is 1. The van der Waals surface area contributed by atoms with Crippen molar-refractivity contribution in [3.63, 3.8) is 0 Å². The molecule has 2 aromatic heterocycles. The molecule has 5 nitrogen and oxygen atoms in total. The first-order valence-corrected chi connectivity index (χ1v) is 5.71. The highest BCUT2D eigenvalue weighted by atomic mass is 16.1. The van der Waals surface area contributed by atoms with E-state index in [1.165, 1.54) is 0 Å². The first-order chi connectivity index (χ1) is 8.66. The lowest BCUT2D eigenvalue weighted by Crippen LogP contribution is -2.26. The molecule has 2 aromatic rings. The first kappa shape index (κ1) is 10.7. The first-order valence-electron chi connectivity index (χ1n) is 5.71. The maximum absolute atomic E-state index is 11.7. The van der Waals surface area contributed by atoms with Crippen LogP contribution in [0.3, 0.4) is 0 Å². The predicted octanol–water partition coefficient (Wildman–Crippen LogP) is 0.820. The summed E-state index contributed by atoms with van der Waals surface area (Å²) >= 11 is 0. The number of nitrogen functional groups attached to an aromatic ring is 1. The van der Waals surface area contributed by atoms with Crippen molar-refractivity contribution >= 4 is 5.84 Å². The lowest BCUT2D eigenvalue weighted by Gasteiger charge is -2.18. The van der Waals surface area contributed by atoms with Gasteiger partial charge in [0.1, 0.15) is 5.84 Å². The maximum atomic E-state index is 11.7. The fourth-order valence-electron chi connectivity index (χ4n) is 2.32. The van der Waals surface area contributed by atoms with Crippen molar-refractivity contribution in [3.05, 3.63) is 51.6 Å². The van der Waals surface area contributed by atoms with Gasteiger partial charge < -0.3 is 10.7 Å². The van der Waals surface area contributed by atoms with E-state index >= 15 is 0 Å². The van der Waals surface area contributed by atoms with E-state index in [4.69, 9.17) is 11.1 Å². The molecule has 0 radical (unpaired) electrons. The summed E-state index contributed by atoms with van der Waals surface area (Å²) in [7, 11) is 0. The summed E-state index contributed by atoms with van der Waals surface area (Å²) in [6, 6.07) is 5.60. The molecule has 4 N–H and O–H groups in total. The summed E-state index contributed by atoms with van der Waals surface area (Å²) < 4.78 is 0. The molecule has 3 rings (SSSR count). The van der Waals surface area contributed by atoms with Crippen molar-refractivity contribution in [2.75, 3.05) is 0 Å². The molecule has 90 valence electrons. The molecule has 0 saturated carbocycles. The van der Waals surface area contributed by atoms with Gasteiger partial charge in [-0.15, -0.1) is 0 Å². The number of fused-ring (bicyclic) bond motifs is 3. The molecule has 0 amide bonds. The molecule has 1 aliphatic carbocycles. The van der Waals surface area contributed by atoms with Gasteiger partial charge in [-0.05, 0) is 30.5 Å². The molecule has 0 atom stereocenters. The average Bonchev–Trinajstić information content (AvgIpc) is 2.37. The number of pyridine rings is 2. The van der Waals surface area contributed by atoms with Gasteiger partial charge in [0.2, 0.25) is 0 Å². The van der Waals surface area contributed by atoms with Crippen LogP contribution in [0.25, 0.3) is 11.3 Å². The number of aromatic amines is 1. The molecule has 0 aromatic carbocycles. The number of hydrogen-bond acceptors (Lipinski definition) is 3. The van der Waals surface area contributed by atoms with Gasteiger partial charge in [-0.1, -0.05) is 6.07 Å². The van der Waals surface area contributed by atoms with Gasteiger partial charge in [-0.3, -0.25) is 15.2 Å². The minimum Gasteiger partial charge on any atom is -0.384 e. The van der Waals surface area contributed by atoms with E-state index in [2.05, 4.69) is 9.97 Å². The SMILES string of the molecule is N=C(N)c1cc2c([nH]c1=O)CCc1cccnc1-2. The van der Waals surface area contributed by atoms with Gasteiger partial charge in [0.25, 0.3) is 5.56 Å². The lowest BCUT2D eigenvalue weighted by molar-refractivity contribution is 0.875. The summed E-state index contributed by atoms with van der Waals surface area (Å²) in [4.78, 5) is 18.9.